The summed E-state index contributed by atoms with van der Waals surface area (Å²) >= 11 is 1.68. The Morgan fingerprint density at radius 3 is 2.64 bits per heavy atom. The van der Waals surface area contributed by atoms with Crippen molar-refractivity contribution in [3.63, 3.8) is 0 Å². The highest BCUT2D eigenvalue weighted by Crippen LogP contribution is 2.10. The zero-order valence-corrected chi connectivity index (χ0v) is 16.4. The van der Waals surface area contributed by atoms with Gasteiger partial charge in [-0.15, -0.1) is 35.3 Å². The normalized spacial score (nSPS) is 11.0. The number of aliphatic imine (C=N–C) groups is 1. The maximum Gasteiger partial charge on any atom is 0.194 e. The Morgan fingerprint density at radius 2 is 2.05 bits per heavy atom. The molecular weight excluding hydrogens is 407 g/mol. The number of benzene rings is 1. The van der Waals surface area contributed by atoms with E-state index >= 15 is 0 Å². The lowest BCUT2D eigenvalue weighted by molar-refractivity contribution is 0.471. The highest BCUT2D eigenvalue weighted by Gasteiger charge is 2.08. The van der Waals surface area contributed by atoms with Gasteiger partial charge < -0.3 is 10.2 Å². The molecule has 1 aromatic heterocycles. The summed E-state index contributed by atoms with van der Waals surface area (Å²) in [5, 5.41) is 6.54. The van der Waals surface area contributed by atoms with Crippen LogP contribution in [0.1, 0.15) is 23.2 Å². The Balaban J connectivity index is 0.00000242. The molecule has 0 radical (unpaired) electrons. The van der Waals surface area contributed by atoms with E-state index in [9.17, 15) is 0 Å². The number of aromatic nitrogens is 1. The molecule has 0 spiro atoms. The maximum atomic E-state index is 4.69. The number of thiazole rings is 1. The Bertz CT molecular complexity index is 583. The topological polar surface area (TPSA) is 40.5 Å². The third-order valence-corrected chi connectivity index (χ3v) is 3.84. The molecule has 0 aliphatic carbocycles. The van der Waals surface area contributed by atoms with Crippen LogP contribution in [0.25, 0.3) is 0 Å². The van der Waals surface area contributed by atoms with E-state index in [1.165, 1.54) is 5.56 Å². The van der Waals surface area contributed by atoms with Crippen molar-refractivity contribution in [1.29, 1.82) is 0 Å². The van der Waals surface area contributed by atoms with Crippen LogP contribution >= 0.6 is 35.3 Å². The van der Waals surface area contributed by atoms with E-state index in [4.69, 9.17) is 4.99 Å². The van der Waals surface area contributed by atoms with Crippen molar-refractivity contribution in [2.24, 2.45) is 4.99 Å². The van der Waals surface area contributed by atoms with Crippen LogP contribution < -0.4 is 5.32 Å². The lowest BCUT2D eigenvalue weighted by Crippen LogP contribution is -2.38. The fraction of sp³-hybridized carbons (Fsp3) is 0.375. The second kappa shape index (κ2) is 9.78. The van der Waals surface area contributed by atoms with Crippen molar-refractivity contribution >= 4 is 41.3 Å². The fourth-order valence-electron chi connectivity index (χ4n) is 2.02. The van der Waals surface area contributed by atoms with Gasteiger partial charge in [0, 0.05) is 19.0 Å². The molecule has 0 unspecified atom stereocenters. The molecular formula is C16H23IN4S. The predicted octanol–water partition coefficient (Wildman–Crippen LogP) is 3.67. The Labute approximate surface area is 153 Å². The molecule has 1 N–H and O–H groups in total. The zero-order chi connectivity index (χ0) is 15.1. The van der Waals surface area contributed by atoms with E-state index in [2.05, 4.69) is 39.6 Å². The predicted molar refractivity (Wildman–Crippen MR) is 105 cm³/mol. The summed E-state index contributed by atoms with van der Waals surface area (Å²) in [5.74, 6) is 0.909. The summed E-state index contributed by atoms with van der Waals surface area (Å²) in [6.45, 7) is 6.42. The van der Waals surface area contributed by atoms with Crippen molar-refractivity contribution in [1.82, 2.24) is 15.2 Å². The quantitative estimate of drug-likeness (QED) is 0.447. The number of nitrogens with one attached hydrogen (secondary N) is 1. The van der Waals surface area contributed by atoms with Gasteiger partial charge in [0.2, 0.25) is 0 Å². The highest BCUT2D eigenvalue weighted by atomic mass is 127. The number of hydrogen-bond donors (Lipinski definition) is 1. The Kier molecular flexibility index (Phi) is 8.40. The monoisotopic (exact) mass is 430 g/mol. The number of nitrogens with zero attached hydrogens (tertiary/aromatic N) is 3. The van der Waals surface area contributed by atoms with Crippen LogP contribution in [0.15, 0.2) is 40.7 Å². The van der Waals surface area contributed by atoms with Gasteiger partial charge in [0.25, 0.3) is 0 Å². The first-order valence-corrected chi connectivity index (χ1v) is 8.01. The van der Waals surface area contributed by atoms with Crippen LogP contribution in [0.2, 0.25) is 0 Å². The molecule has 0 saturated heterocycles. The number of guanidine groups is 1. The molecule has 0 saturated carbocycles. The van der Waals surface area contributed by atoms with Crippen molar-refractivity contribution in [3.8, 4) is 0 Å². The molecule has 0 fully saturated rings. The number of hydrogen-bond acceptors (Lipinski definition) is 3. The summed E-state index contributed by atoms with van der Waals surface area (Å²) in [7, 11) is 2.04. The summed E-state index contributed by atoms with van der Waals surface area (Å²) in [6.07, 6.45) is 0. The molecule has 0 aliphatic heterocycles. The SMILES string of the molecule is CCNC(=NCc1ccccc1)N(C)Cc1csc(C)n1.I. The first-order chi connectivity index (χ1) is 10.2. The summed E-state index contributed by atoms with van der Waals surface area (Å²) in [5.41, 5.74) is 2.30. The third kappa shape index (κ3) is 5.92. The first kappa shape index (κ1) is 18.9. The highest BCUT2D eigenvalue weighted by molar-refractivity contribution is 14.0. The molecule has 0 aliphatic rings. The van der Waals surface area contributed by atoms with Gasteiger partial charge in [0.1, 0.15) is 0 Å². The molecule has 0 atom stereocenters. The standard InChI is InChI=1S/C16H22N4S.HI/c1-4-17-16(18-10-14-8-6-5-7-9-14)20(3)11-15-12-21-13(2)19-15;/h5-9,12H,4,10-11H2,1-3H3,(H,17,18);1H. The van der Waals surface area contributed by atoms with Crippen LogP contribution in [-0.2, 0) is 13.1 Å². The smallest absolute Gasteiger partial charge is 0.194 e. The average Bonchev–Trinajstić information content (AvgIpc) is 2.89. The van der Waals surface area contributed by atoms with E-state index in [-0.39, 0.29) is 24.0 Å². The van der Waals surface area contributed by atoms with Crippen molar-refractivity contribution in [3.05, 3.63) is 52.0 Å². The van der Waals surface area contributed by atoms with Gasteiger partial charge in [-0.1, -0.05) is 30.3 Å². The van der Waals surface area contributed by atoms with Gasteiger partial charge in [0.05, 0.1) is 23.8 Å². The largest absolute Gasteiger partial charge is 0.357 e. The van der Waals surface area contributed by atoms with E-state index in [0.717, 1.165) is 29.8 Å². The first-order valence-electron chi connectivity index (χ1n) is 7.13. The van der Waals surface area contributed by atoms with Crippen molar-refractivity contribution in [2.45, 2.75) is 26.9 Å². The van der Waals surface area contributed by atoms with Gasteiger partial charge >= 0.3 is 0 Å². The molecule has 6 heteroatoms. The molecule has 2 aromatic rings. The average molecular weight is 430 g/mol. The minimum absolute atomic E-state index is 0. The van der Waals surface area contributed by atoms with E-state index < -0.39 is 0 Å². The van der Waals surface area contributed by atoms with E-state index in [1.807, 2.05) is 32.2 Å². The summed E-state index contributed by atoms with van der Waals surface area (Å²) in [4.78, 5) is 11.3. The van der Waals surface area contributed by atoms with Crippen LogP contribution in [-0.4, -0.2) is 29.4 Å². The number of halogens is 1. The van der Waals surface area contributed by atoms with Crippen LogP contribution in [0.5, 0.6) is 0 Å². The summed E-state index contributed by atoms with van der Waals surface area (Å²) < 4.78 is 0. The minimum Gasteiger partial charge on any atom is -0.357 e. The number of aryl methyl sites for hydroxylation is 1. The lowest BCUT2D eigenvalue weighted by Gasteiger charge is -2.21. The molecule has 2 rings (SSSR count). The lowest BCUT2D eigenvalue weighted by atomic mass is 10.2. The molecule has 22 heavy (non-hydrogen) atoms. The van der Waals surface area contributed by atoms with Gasteiger partial charge in [0.15, 0.2) is 5.96 Å². The molecule has 1 heterocycles. The summed E-state index contributed by atoms with van der Waals surface area (Å²) in [6, 6.07) is 10.3. The molecule has 0 amide bonds. The van der Waals surface area contributed by atoms with Gasteiger partial charge in [-0.3, -0.25) is 0 Å². The maximum absolute atomic E-state index is 4.69. The van der Waals surface area contributed by atoms with Crippen LogP contribution in [0.4, 0.5) is 0 Å². The molecule has 120 valence electrons. The molecule has 1 aromatic carbocycles. The Hall–Kier alpha value is -1.15. The van der Waals surface area contributed by atoms with Crippen molar-refractivity contribution in [2.75, 3.05) is 13.6 Å². The third-order valence-electron chi connectivity index (χ3n) is 3.02. The Morgan fingerprint density at radius 1 is 1.32 bits per heavy atom. The van der Waals surface area contributed by atoms with Gasteiger partial charge in [-0.2, -0.15) is 0 Å². The van der Waals surface area contributed by atoms with Gasteiger partial charge in [-0.05, 0) is 19.4 Å². The van der Waals surface area contributed by atoms with Crippen molar-refractivity contribution < 1.29 is 0 Å². The fourth-order valence-corrected chi connectivity index (χ4v) is 2.62. The second-order valence-electron chi connectivity index (χ2n) is 4.87. The van der Waals surface area contributed by atoms with E-state index in [1.54, 1.807) is 11.3 Å². The van der Waals surface area contributed by atoms with Crippen LogP contribution in [0.3, 0.4) is 0 Å². The van der Waals surface area contributed by atoms with E-state index in [0.29, 0.717) is 6.54 Å². The minimum atomic E-state index is 0. The zero-order valence-electron chi connectivity index (χ0n) is 13.2. The second-order valence-corrected chi connectivity index (χ2v) is 5.93. The molecule has 0 bridgehead atoms. The van der Waals surface area contributed by atoms with Gasteiger partial charge in [-0.25, -0.2) is 9.98 Å². The molecule has 4 nitrogen and oxygen atoms in total. The number of rotatable bonds is 5. The van der Waals surface area contributed by atoms with Crippen LogP contribution in [0, 0.1) is 6.92 Å².